The maximum absolute atomic E-state index is 6.14. The van der Waals surface area contributed by atoms with Crippen molar-refractivity contribution in [2.45, 2.75) is 38.6 Å². The van der Waals surface area contributed by atoms with E-state index >= 15 is 0 Å². The van der Waals surface area contributed by atoms with Gasteiger partial charge in [-0.25, -0.2) is 0 Å². The first-order valence-corrected chi connectivity index (χ1v) is 10.9. The lowest BCUT2D eigenvalue weighted by Crippen LogP contribution is -2.24. The smallest absolute Gasteiger partial charge is 0.124 e. The molecule has 0 unspecified atom stereocenters. The molecule has 0 spiro atoms. The van der Waals surface area contributed by atoms with Gasteiger partial charge in [-0.15, -0.1) is 0 Å². The highest BCUT2D eigenvalue weighted by molar-refractivity contribution is 5.87. The Hall–Kier alpha value is -2.52. The van der Waals surface area contributed by atoms with Crippen molar-refractivity contribution in [2.75, 3.05) is 19.8 Å². The van der Waals surface area contributed by atoms with Crippen molar-refractivity contribution in [1.29, 1.82) is 0 Å². The van der Waals surface area contributed by atoms with Gasteiger partial charge in [0.05, 0.1) is 0 Å². The Balaban J connectivity index is 1.39. The van der Waals surface area contributed by atoms with E-state index in [1.807, 2.05) is 30.3 Å². The van der Waals surface area contributed by atoms with Crippen molar-refractivity contribution >= 4 is 10.8 Å². The van der Waals surface area contributed by atoms with Crippen LogP contribution in [0.15, 0.2) is 66.7 Å². The zero-order valence-corrected chi connectivity index (χ0v) is 17.1. The summed E-state index contributed by atoms with van der Waals surface area (Å²) in [6.07, 6.45) is 6.90. The third kappa shape index (κ3) is 5.51. The topological polar surface area (TPSA) is 30.5 Å². The van der Waals surface area contributed by atoms with Crippen LogP contribution < -0.4 is 14.8 Å². The molecule has 0 atom stereocenters. The second-order valence-electron chi connectivity index (χ2n) is 7.91. The van der Waals surface area contributed by atoms with Gasteiger partial charge >= 0.3 is 0 Å². The highest BCUT2D eigenvalue weighted by atomic mass is 16.5. The van der Waals surface area contributed by atoms with Gasteiger partial charge in [-0.1, -0.05) is 67.8 Å². The molecule has 1 saturated carbocycles. The van der Waals surface area contributed by atoms with Crippen molar-refractivity contribution in [3.05, 3.63) is 72.3 Å². The molecule has 1 N–H and O–H groups in total. The lowest BCUT2D eigenvalue weighted by Gasteiger charge is -2.22. The minimum absolute atomic E-state index is 0.531. The Labute approximate surface area is 174 Å². The van der Waals surface area contributed by atoms with Gasteiger partial charge < -0.3 is 14.8 Å². The molecule has 3 heteroatoms. The lowest BCUT2D eigenvalue weighted by molar-refractivity contribution is 0.216. The molecule has 29 heavy (non-hydrogen) atoms. The first-order chi connectivity index (χ1) is 14.4. The lowest BCUT2D eigenvalue weighted by atomic mass is 9.89. The van der Waals surface area contributed by atoms with Crippen molar-refractivity contribution < 1.29 is 9.47 Å². The average Bonchev–Trinajstić information content (AvgIpc) is 2.79. The summed E-state index contributed by atoms with van der Waals surface area (Å²) in [5.74, 6) is 2.66. The summed E-state index contributed by atoms with van der Waals surface area (Å²) in [7, 11) is 0. The Bertz CT molecular complexity index is 888. The Morgan fingerprint density at radius 2 is 1.52 bits per heavy atom. The molecule has 1 aliphatic rings. The molecule has 0 aromatic heterocycles. The number of hydrogen-bond acceptors (Lipinski definition) is 3. The minimum atomic E-state index is 0.531. The van der Waals surface area contributed by atoms with Crippen LogP contribution in [0.2, 0.25) is 0 Å². The van der Waals surface area contributed by atoms with Gasteiger partial charge in [0, 0.05) is 12.1 Å². The maximum Gasteiger partial charge on any atom is 0.124 e. The number of para-hydroxylation sites is 1. The van der Waals surface area contributed by atoms with Gasteiger partial charge in [0.2, 0.25) is 0 Å². The van der Waals surface area contributed by atoms with E-state index in [4.69, 9.17) is 9.47 Å². The van der Waals surface area contributed by atoms with E-state index in [1.54, 1.807) is 0 Å². The van der Waals surface area contributed by atoms with E-state index in [-0.39, 0.29) is 0 Å². The van der Waals surface area contributed by atoms with Crippen LogP contribution in [0.25, 0.3) is 10.8 Å². The monoisotopic (exact) mass is 389 g/mol. The molecule has 3 nitrogen and oxygen atoms in total. The molecule has 1 aliphatic carbocycles. The van der Waals surface area contributed by atoms with Crippen LogP contribution >= 0.6 is 0 Å². The first-order valence-electron chi connectivity index (χ1n) is 10.9. The molecule has 1 fully saturated rings. The summed E-state index contributed by atoms with van der Waals surface area (Å²) in [5, 5.41) is 6.24. The predicted octanol–water partition coefficient (Wildman–Crippen LogP) is 5.97. The summed E-state index contributed by atoms with van der Waals surface area (Å²) < 4.78 is 11.9. The van der Waals surface area contributed by atoms with E-state index in [0.717, 1.165) is 30.5 Å². The Kier molecular flexibility index (Phi) is 7.03. The summed E-state index contributed by atoms with van der Waals surface area (Å²) in [4.78, 5) is 0. The van der Waals surface area contributed by atoms with Crippen LogP contribution in [0.1, 0.15) is 37.7 Å². The molecule has 152 valence electrons. The maximum atomic E-state index is 6.14. The van der Waals surface area contributed by atoms with E-state index in [0.29, 0.717) is 13.2 Å². The molecule has 0 saturated heterocycles. The fraction of sp³-hybridized carbons (Fsp3) is 0.385. The average molecular weight is 390 g/mol. The van der Waals surface area contributed by atoms with Gasteiger partial charge in [0.15, 0.2) is 0 Å². The summed E-state index contributed by atoms with van der Waals surface area (Å²) in [6, 6.07) is 22.7. The molecule has 0 radical (unpaired) electrons. The molecule has 3 aromatic carbocycles. The zero-order chi connectivity index (χ0) is 19.7. The fourth-order valence-electron chi connectivity index (χ4n) is 4.25. The highest BCUT2D eigenvalue weighted by Crippen LogP contribution is 2.29. The van der Waals surface area contributed by atoms with Gasteiger partial charge in [-0.05, 0) is 54.3 Å². The molecular formula is C26H31NO2. The molecule has 0 aliphatic heterocycles. The van der Waals surface area contributed by atoms with E-state index in [9.17, 15) is 0 Å². The van der Waals surface area contributed by atoms with Crippen molar-refractivity contribution in [2.24, 2.45) is 5.92 Å². The summed E-state index contributed by atoms with van der Waals surface area (Å²) in [5.41, 5.74) is 1.25. The van der Waals surface area contributed by atoms with Crippen molar-refractivity contribution in [1.82, 2.24) is 5.32 Å². The molecule has 4 rings (SSSR count). The SMILES string of the molecule is c1ccc(OCCOc2ccc3ccccc3c2CNCC2CCCCC2)cc1. The van der Waals surface area contributed by atoms with Crippen LogP contribution in [0.5, 0.6) is 11.5 Å². The van der Waals surface area contributed by atoms with E-state index < -0.39 is 0 Å². The Morgan fingerprint density at radius 1 is 0.759 bits per heavy atom. The largest absolute Gasteiger partial charge is 0.490 e. The van der Waals surface area contributed by atoms with Crippen LogP contribution in [0.3, 0.4) is 0 Å². The standard InChI is InChI=1S/C26H31NO2/c1-3-9-21(10-4-1)19-27-20-25-24-14-8-7-11-22(24)15-16-26(25)29-18-17-28-23-12-5-2-6-13-23/h2,5-8,11-16,21,27H,1,3-4,9-10,17-20H2. The zero-order valence-electron chi connectivity index (χ0n) is 17.1. The van der Waals surface area contributed by atoms with Gasteiger partial charge in [-0.3, -0.25) is 0 Å². The normalized spacial score (nSPS) is 14.8. The Morgan fingerprint density at radius 3 is 2.38 bits per heavy atom. The molecular weight excluding hydrogens is 358 g/mol. The van der Waals surface area contributed by atoms with Crippen molar-refractivity contribution in [3.63, 3.8) is 0 Å². The van der Waals surface area contributed by atoms with Crippen molar-refractivity contribution in [3.8, 4) is 11.5 Å². The van der Waals surface area contributed by atoms with Gasteiger partial charge in [0.1, 0.15) is 24.7 Å². The van der Waals surface area contributed by atoms with Crippen LogP contribution in [-0.2, 0) is 6.54 Å². The highest BCUT2D eigenvalue weighted by Gasteiger charge is 2.14. The number of rotatable bonds is 9. The number of benzene rings is 3. The second-order valence-corrected chi connectivity index (χ2v) is 7.91. The third-order valence-corrected chi connectivity index (χ3v) is 5.81. The number of hydrogen-bond donors (Lipinski definition) is 1. The quantitative estimate of drug-likeness (QED) is 0.458. The molecule has 0 bridgehead atoms. The van der Waals surface area contributed by atoms with Crippen LogP contribution in [0.4, 0.5) is 0 Å². The molecule has 3 aromatic rings. The summed E-state index contributed by atoms with van der Waals surface area (Å²) in [6.45, 7) is 3.00. The third-order valence-electron chi connectivity index (χ3n) is 5.81. The molecule has 0 heterocycles. The predicted molar refractivity (Wildman–Crippen MR) is 120 cm³/mol. The summed E-state index contributed by atoms with van der Waals surface area (Å²) >= 11 is 0. The molecule has 0 amide bonds. The van der Waals surface area contributed by atoms with Crippen LogP contribution in [-0.4, -0.2) is 19.8 Å². The number of ether oxygens (including phenoxy) is 2. The number of fused-ring (bicyclic) bond motifs is 1. The van der Waals surface area contributed by atoms with Gasteiger partial charge in [0.25, 0.3) is 0 Å². The fourth-order valence-corrected chi connectivity index (χ4v) is 4.25. The number of nitrogens with one attached hydrogen (secondary N) is 1. The first kappa shape index (κ1) is 19.8. The van der Waals surface area contributed by atoms with Gasteiger partial charge in [-0.2, -0.15) is 0 Å². The second kappa shape index (κ2) is 10.3. The van der Waals surface area contributed by atoms with E-state index in [2.05, 4.69) is 41.7 Å². The van der Waals surface area contributed by atoms with Crippen LogP contribution in [0, 0.1) is 5.92 Å². The minimum Gasteiger partial charge on any atom is -0.490 e. The van der Waals surface area contributed by atoms with E-state index in [1.165, 1.54) is 48.4 Å².